The Morgan fingerprint density at radius 2 is 2.29 bits per heavy atom. The molecule has 0 atom stereocenters. The number of pyridine rings is 1. The molecule has 17 heavy (non-hydrogen) atoms. The molecule has 0 unspecified atom stereocenters. The number of anilines is 2. The molecule has 5 heteroatoms. The Kier molecular flexibility index (Phi) is 4.73. The lowest BCUT2D eigenvalue weighted by molar-refractivity contribution is 0.284. The van der Waals surface area contributed by atoms with Crippen molar-refractivity contribution < 1.29 is 0 Å². The molecule has 0 aliphatic heterocycles. The summed E-state index contributed by atoms with van der Waals surface area (Å²) in [4.78, 5) is 6.34. The van der Waals surface area contributed by atoms with Crippen LogP contribution in [0.4, 0.5) is 11.5 Å². The van der Waals surface area contributed by atoms with Gasteiger partial charge >= 0.3 is 0 Å². The molecule has 92 valence electrons. The molecule has 1 aromatic rings. The predicted molar refractivity (Wildman–Crippen MR) is 69.6 cm³/mol. The first-order valence-electron chi connectivity index (χ1n) is 5.64. The van der Waals surface area contributed by atoms with E-state index in [9.17, 15) is 0 Å². The summed E-state index contributed by atoms with van der Waals surface area (Å²) >= 11 is 0. The van der Waals surface area contributed by atoms with E-state index < -0.39 is 0 Å². The van der Waals surface area contributed by atoms with Crippen LogP contribution in [0.2, 0.25) is 0 Å². The monoisotopic (exact) mass is 233 g/mol. The fraction of sp³-hybridized carbons (Fsp3) is 0.500. The maximum absolute atomic E-state index is 8.69. The summed E-state index contributed by atoms with van der Waals surface area (Å²) in [7, 11) is 2.07. The number of likely N-dealkylation sites (N-methyl/N-ethyl adjacent to an activating group) is 1. The summed E-state index contributed by atoms with van der Waals surface area (Å²) < 4.78 is 0. The molecule has 0 amide bonds. The number of aromatic nitrogens is 1. The Morgan fingerprint density at radius 1 is 1.59 bits per heavy atom. The zero-order valence-electron chi connectivity index (χ0n) is 10.6. The highest BCUT2D eigenvalue weighted by Crippen LogP contribution is 2.15. The van der Waals surface area contributed by atoms with Gasteiger partial charge in [-0.25, -0.2) is 4.98 Å². The second-order valence-corrected chi connectivity index (χ2v) is 4.27. The zero-order valence-corrected chi connectivity index (χ0v) is 10.6. The summed E-state index contributed by atoms with van der Waals surface area (Å²) in [6.07, 6.45) is 1.52. The summed E-state index contributed by atoms with van der Waals surface area (Å²) in [6.45, 7) is 5.99. The van der Waals surface area contributed by atoms with E-state index >= 15 is 0 Å². The van der Waals surface area contributed by atoms with Gasteiger partial charge in [-0.15, -0.1) is 0 Å². The smallest absolute Gasteiger partial charge is 0.149 e. The minimum atomic E-state index is 0.479. The molecule has 0 aliphatic rings. The molecule has 5 nitrogen and oxygen atoms in total. The second-order valence-electron chi connectivity index (χ2n) is 4.27. The van der Waals surface area contributed by atoms with Crippen LogP contribution in [0.1, 0.15) is 19.4 Å². The van der Waals surface area contributed by atoms with E-state index in [2.05, 4.69) is 36.1 Å². The minimum Gasteiger partial charge on any atom is -0.396 e. The van der Waals surface area contributed by atoms with Gasteiger partial charge in [0.05, 0.1) is 11.3 Å². The topological polar surface area (TPSA) is 78.0 Å². The Balaban J connectivity index is 2.50. The fourth-order valence-electron chi connectivity index (χ4n) is 1.30. The summed E-state index contributed by atoms with van der Waals surface area (Å²) in [5, 5.41) is 11.9. The molecule has 0 fully saturated rings. The van der Waals surface area contributed by atoms with E-state index in [1.165, 1.54) is 6.20 Å². The van der Waals surface area contributed by atoms with Crippen molar-refractivity contribution in [2.24, 2.45) is 0 Å². The van der Waals surface area contributed by atoms with Crippen molar-refractivity contribution in [3.8, 4) is 6.07 Å². The molecular formula is C12H19N5. The number of hydrogen-bond acceptors (Lipinski definition) is 5. The molecule has 0 aromatic carbocycles. The van der Waals surface area contributed by atoms with Crippen molar-refractivity contribution in [2.45, 2.75) is 19.9 Å². The van der Waals surface area contributed by atoms with Crippen molar-refractivity contribution in [1.29, 1.82) is 5.26 Å². The van der Waals surface area contributed by atoms with E-state index in [1.807, 2.05) is 6.07 Å². The van der Waals surface area contributed by atoms with Gasteiger partial charge in [-0.1, -0.05) is 0 Å². The van der Waals surface area contributed by atoms with E-state index in [0.717, 1.165) is 13.1 Å². The normalized spacial score (nSPS) is 10.6. The maximum Gasteiger partial charge on any atom is 0.149 e. The Morgan fingerprint density at radius 3 is 2.82 bits per heavy atom. The largest absolute Gasteiger partial charge is 0.396 e. The molecule has 0 aliphatic carbocycles. The molecule has 0 bridgehead atoms. The third kappa shape index (κ3) is 3.93. The lowest BCUT2D eigenvalue weighted by Gasteiger charge is -2.21. The van der Waals surface area contributed by atoms with Crippen LogP contribution >= 0.6 is 0 Å². The standard InChI is InChI=1S/C12H19N5/c1-9(2)17(3)5-4-15-12-11(14)6-10(7-13)8-16-12/h6,8-9H,4-5,14H2,1-3H3,(H,15,16). The first-order chi connectivity index (χ1) is 8.04. The fourth-order valence-corrected chi connectivity index (χ4v) is 1.30. The lowest BCUT2D eigenvalue weighted by Crippen LogP contribution is -2.31. The number of nitrogens with zero attached hydrogens (tertiary/aromatic N) is 3. The van der Waals surface area contributed by atoms with Crippen LogP contribution in [0.5, 0.6) is 0 Å². The Hall–Kier alpha value is -1.80. The highest BCUT2D eigenvalue weighted by Gasteiger charge is 2.04. The van der Waals surface area contributed by atoms with Crippen LogP contribution in [-0.2, 0) is 0 Å². The maximum atomic E-state index is 8.69. The zero-order chi connectivity index (χ0) is 12.8. The van der Waals surface area contributed by atoms with Crippen LogP contribution in [0.25, 0.3) is 0 Å². The van der Waals surface area contributed by atoms with Crippen LogP contribution in [0, 0.1) is 11.3 Å². The van der Waals surface area contributed by atoms with Gasteiger partial charge in [0.1, 0.15) is 11.9 Å². The highest BCUT2D eigenvalue weighted by atomic mass is 15.1. The summed E-state index contributed by atoms with van der Waals surface area (Å²) in [6, 6.07) is 4.15. The van der Waals surface area contributed by atoms with Crippen LogP contribution in [0.15, 0.2) is 12.3 Å². The summed E-state index contributed by atoms with van der Waals surface area (Å²) in [5.74, 6) is 0.640. The minimum absolute atomic E-state index is 0.479. The SMILES string of the molecule is CC(C)N(C)CCNc1ncc(C#N)cc1N. The molecule has 1 heterocycles. The van der Waals surface area contributed by atoms with E-state index in [-0.39, 0.29) is 0 Å². The Bertz CT molecular complexity index is 408. The molecule has 3 N–H and O–H groups in total. The van der Waals surface area contributed by atoms with Gasteiger partial charge in [0.25, 0.3) is 0 Å². The number of nitrogens with two attached hydrogens (primary N) is 1. The van der Waals surface area contributed by atoms with Crippen molar-refractivity contribution in [3.63, 3.8) is 0 Å². The molecule has 1 rings (SSSR count). The number of nitriles is 1. The van der Waals surface area contributed by atoms with Crippen LogP contribution in [-0.4, -0.2) is 36.1 Å². The van der Waals surface area contributed by atoms with E-state index in [0.29, 0.717) is 23.1 Å². The van der Waals surface area contributed by atoms with E-state index in [1.54, 1.807) is 6.07 Å². The number of nitrogens with one attached hydrogen (secondary N) is 1. The number of nitrogen functional groups attached to an aromatic ring is 1. The van der Waals surface area contributed by atoms with Crippen molar-refractivity contribution in [3.05, 3.63) is 17.8 Å². The van der Waals surface area contributed by atoms with E-state index in [4.69, 9.17) is 11.0 Å². The second kappa shape index (κ2) is 6.06. The third-order valence-corrected chi connectivity index (χ3v) is 2.68. The molecule has 0 radical (unpaired) electrons. The van der Waals surface area contributed by atoms with Crippen molar-refractivity contribution >= 4 is 11.5 Å². The summed E-state index contributed by atoms with van der Waals surface area (Å²) in [5.41, 5.74) is 6.77. The van der Waals surface area contributed by atoms with Gasteiger partial charge in [-0.3, -0.25) is 0 Å². The van der Waals surface area contributed by atoms with Gasteiger partial charge < -0.3 is 16.0 Å². The first kappa shape index (κ1) is 13.3. The van der Waals surface area contributed by atoms with Gasteiger partial charge in [0.15, 0.2) is 0 Å². The highest BCUT2D eigenvalue weighted by molar-refractivity contribution is 5.62. The molecule has 0 spiro atoms. The molecule has 0 saturated carbocycles. The van der Waals surface area contributed by atoms with Gasteiger partial charge in [-0.05, 0) is 27.0 Å². The molecular weight excluding hydrogens is 214 g/mol. The van der Waals surface area contributed by atoms with Gasteiger partial charge in [0.2, 0.25) is 0 Å². The average molecular weight is 233 g/mol. The Labute approximate surface area is 102 Å². The lowest BCUT2D eigenvalue weighted by atomic mass is 10.3. The van der Waals surface area contributed by atoms with Gasteiger partial charge in [-0.2, -0.15) is 5.26 Å². The predicted octanol–water partition coefficient (Wildman–Crippen LogP) is 1.29. The van der Waals surface area contributed by atoms with Crippen LogP contribution in [0.3, 0.4) is 0 Å². The molecule has 1 aromatic heterocycles. The van der Waals surface area contributed by atoms with Crippen molar-refractivity contribution in [1.82, 2.24) is 9.88 Å². The third-order valence-electron chi connectivity index (χ3n) is 2.68. The number of rotatable bonds is 5. The van der Waals surface area contributed by atoms with Crippen molar-refractivity contribution in [2.75, 3.05) is 31.2 Å². The molecule has 0 saturated heterocycles. The average Bonchev–Trinajstić information content (AvgIpc) is 2.30. The first-order valence-corrected chi connectivity index (χ1v) is 5.64. The van der Waals surface area contributed by atoms with Crippen LogP contribution < -0.4 is 11.1 Å². The quantitative estimate of drug-likeness (QED) is 0.801. The number of hydrogen-bond donors (Lipinski definition) is 2. The van der Waals surface area contributed by atoms with Gasteiger partial charge in [0, 0.05) is 25.3 Å².